The highest BCUT2D eigenvalue weighted by Gasteiger charge is 2.25. The molecule has 0 aliphatic carbocycles. The van der Waals surface area contributed by atoms with Gasteiger partial charge in [-0.2, -0.15) is 4.72 Å². The quantitative estimate of drug-likeness (QED) is 0.613. The van der Waals surface area contributed by atoms with Gasteiger partial charge in [0.05, 0.1) is 9.79 Å². The zero-order chi connectivity index (χ0) is 17.0. The lowest BCUT2D eigenvalue weighted by Gasteiger charge is -2.14. The van der Waals surface area contributed by atoms with Crippen LogP contribution in [0.4, 0.5) is 0 Å². The van der Waals surface area contributed by atoms with Crippen LogP contribution in [-0.4, -0.2) is 34.0 Å². The van der Waals surface area contributed by atoms with Crippen molar-refractivity contribution in [2.45, 2.75) is 42.0 Å². The van der Waals surface area contributed by atoms with Gasteiger partial charge in [-0.25, -0.2) is 22.0 Å². The Bertz CT molecular complexity index is 743. The first-order chi connectivity index (χ1) is 10.1. The van der Waals surface area contributed by atoms with Crippen molar-refractivity contribution in [1.29, 1.82) is 0 Å². The summed E-state index contributed by atoms with van der Waals surface area (Å²) in [6.07, 6.45) is 1.39. The smallest absolute Gasteiger partial charge is 0.321 e. The summed E-state index contributed by atoms with van der Waals surface area (Å²) in [6, 6.07) is 3.14. The standard InChI is InChI=1S/C12H18N2O6S2/c1-2-3-7-11(12(15)16)14-22(19,20)10-6-4-5-9(8-10)21(13,17)18/h4-6,8,11,14H,2-3,7H2,1H3,(H,15,16)(H2,13,17,18). The van der Waals surface area contributed by atoms with E-state index < -0.39 is 32.1 Å². The number of carbonyl (C=O) groups is 1. The topological polar surface area (TPSA) is 144 Å². The molecule has 4 N–H and O–H groups in total. The monoisotopic (exact) mass is 350 g/mol. The number of unbranched alkanes of at least 4 members (excludes halogenated alkanes) is 1. The molecule has 0 bridgehead atoms. The van der Waals surface area contributed by atoms with Crippen molar-refractivity contribution in [2.75, 3.05) is 0 Å². The maximum atomic E-state index is 12.2. The van der Waals surface area contributed by atoms with Gasteiger partial charge >= 0.3 is 5.97 Å². The summed E-state index contributed by atoms with van der Waals surface area (Å²) in [5.41, 5.74) is 0. The van der Waals surface area contributed by atoms with Crippen LogP contribution < -0.4 is 9.86 Å². The zero-order valence-corrected chi connectivity index (χ0v) is 13.5. The van der Waals surface area contributed by atoms with E-state index in [9.17, 15) is 21.6 Å². The molecule has 1 atom stereocenters. The van der Waals surface area contributed by atoms with Gasteiger partial charge in [-0.1, -0.05) is 25.8 Å². The highest BCUT2D eigenvalue weighted by Crippen LogP contribution is 2.15. The highest BCUT2D eigenvalue weighted by molar-refractivity contribution is 7.90. The van der Waals surface area contributed by atoms with Crippen molar-refractivity contribution < 1.29 is 26.7 Å². The summed E-state index contributed by atoms with van der Waals surface area (Å²) in [5.74, 6) is -1.29. The minimum atomic E-state index is -4.17. The van der Waals surface area contributed by atoms with Crippen LogP contribution in [0.1, 0.15) is 26.2 Å². The van der Waals surface area contributed by atoms with Gasteiger partial charge in [0.1, 0.15) is 6.04 Å². The Morgan fingerprint density at radius 3 is 2.36 bits per heavy atom. The number of nitrogens with one attached hydrogen (secondary N) is 1. The molecule has 1 aromatic rings. The third kappa shape index (κ3) is 5.05. The van der Waals surface area contributed by atoms with E-state index in [-0.39, 0.29) is 16.2 Å². The molecule has 0 amide bonds. The van der Waals surface area contributed by atoms with Crippen molar-refractivity contribution in [1.82, 2.24) is 4.72 Å². The molecule has 124 valence electrons. The summed E-state index contributed by atoms with van der Waals surface area (Å²) >= 11 is 0. The maximum absolute atomic E-state index is 12.2. The number of rotatable bonds is 8. The number of hydrogen-bond acceptors (Lipinski definition) is 5. The molecule has 0 aliphatic heterocycles. The molecule has 0 spiro atoms. The Morgan fingerprint density at radius 1 is 1.27 bits per heavy atom. The molecule has 0 saturated heterocycles. The summed E-state index contributed by atoms with van der Waals surface area (Å²) in [4.78, 5) is 10.4. The first kappa shape index (κ1) is 18.6. The Hall–Kier alpha value is -1.49. The average Bonchev–Trinajstić information content (AvgIpc) is 2.42. The molecule has 10 heteroatoms. The van der Waals surface area contributed by atoms with E-state index in [4.69, 9.17) is 10.2 Å². The number of hydrogen-bond donors (Lipinski definition) is 3. The highest BCUT2D eigenvalue weighted by atomic mass is 32.2. The van der Waals surface area contributed by atoms with Crippen molar-refractivity contribution in [3.63, 3.8) is 0 Å². The van der Waals surface area contributed by atoms with Gasteiger partial charge in [-0.05, 0) is 24.6 Å². The van der Waals surface area contributed by atoms with Gasteiger partial charge < -0.3 is 5.11 Å². The first-order valence-electron chi connectivity index (χ1n) is 6.46. The second-order valence-corrected chi connectivity index (χ2v) is 7.95. The molecule has 8 nitrogen and oxygen atoms in total. The van der Waals surface area contributed by atoms with E-state index >= 15 is 0 Å². The number of benzene rings is 1. The van der Waals surface area contributed by atoms with E-state index in [0.717, 1.165) is 18.2 Å². The van der Waals surface area contributed by atoms with Crippen LogP contribution in [-0.2, 0) is 24.8 Å². The lowest BCUT2D eigenvalue weighted by molar-refractivity contribution is -0.139. The minimum Gasteiger partial charge on any atom is -0.480 e. The fourth-order valence-corrected chi connectivity index (χ4v) is 3.62. The SMILES string of the molecule is CCCCC(NS(=O)(=O)c1cccc(S(N)(=O)=O)c1)C(=O)O. The van der Waals surface area contributed by atoms with Gasteiger partial charge in [0, 0.05) is 0 Å². The molecule has 0 aromatic heterocycles. The van der Waals surface area contributed by atoms with Crippen LogP contribution in [0, 0.1) is 0 Å². The Balaban J connectivity index is 3.11. The number of carboxylic acid groups (broad SMARTS) is 1. The van der Waals surface area contributed by atoms with E-state index in [1.165, 1.54) is 6.07 Å². The van der Waals surface area contributed by atoms with Crippen LogP contribution in [0.15, 0.2) is 34.1 Å². The summed E-state index contributed by atoms with van der Waals surface area (Å²) in [7, 11) is -8.22. The van der Waals surface area contributed by atoms with Gasteiger partial charge in [0.15, 0.2) is 0 Å². The van der Waals surface area contributed by atoms with Gasteiger partial charge in [0.2, 0.25) is 20.0 Å². The molecule has 22 heavy (non-hydrogen) atoms. The molecule has 0 heterocycles. The number of primary sulfonamides is 1. The molecular weight excluding hydrogens is 332 g/mol. The van der Waals surface area contributed by atoms with Crippen molar-refractivity contribution in [3.05, 3.63) is 24.3 Å². The van der Waals surface area contributed by atoms with Crippen molar-refractivity contribution in [3.8, 4) is 0 Å². The van der Waals surface area contributed by atoms with Gasteiger partial charge in [-0.15, -0.1) is 0 Å². The molecular formula is C12H18N2O6S2. The van der Waals surface area contributed by atoms with E-state index in [1.807, 2.05) is 6.92 Å². The number of carboxylic acids is 1. The molecule has 0 aliphatic rings. The summed E-state index contributed by atoms with van der Waals surface area (Å²) in [6.45, 7) is 1.85. The largest absolute Gasteiger partial charge is 0.480 e. The van der Waals surface area contributed by atoms with E-state index in [2.05, 4.69) is 4.72 Å². The van der Waals surface area contributed by atoms with Crippen LogP contribution >= 0.6 is 0 Å². The molecule has 0 fully saturated rings. The maximum Gasteiger partial charge on any atom is 0.321 e. The van der Waals surface area contributed by atoms with Crippen LogP contribution in [0.2, 0.25) is 0 Å². The predicted octanol–water partition coefficient (Wildman–Crippen LogP) is 0.256. The Labute approximate surface area is 129 Å². The average molecular weight is 350 g/mol. The second kappa shape index (κ2) is 7.18. The van der Waals surface area contributed by atoms with Gasteiger partial charge in [-0.3, -0.25) is 4.79 Å². The Morgan fingerprint density at radius 2 is 1.86 bits per heavy atom. The van der Waals surface area contributed by atoms with Crippen molar-refractivity contribution in [2.24, 2.45) is 5.14 Å². The Kier molecular flexibility index (Phi) is 6.06. The third-order valence-corrected chi connectivity index (χ3v) is 5.27. The summed E-state index contributed by atoms with van der Waals surface area (Å²) in [5, 5.41) is 14.0. The zero-order valence-electron chi connectivity index (χ0n) is 11.9. The van der Waals surface area contributed by atoms with Gasteiger partial charge in [0.25, 0.3) is 0 Å². The van der Waals surface area contributed by atoms with Crippen LogP contribution in [0.25, 0.3) is 0 Å². The minimum absolute atomic E-state index is 0.139. The number of nitrogens with two attached hydrogens (primary N) is 1. The second-order valence-electron chi connectivity index (χ2n) is 4.67. The van der Waals surface area contributed by atoms with Crippen LogP contribution in [0.5, 0.6) is 0 Å². The molecule has 0 radical (unpaired) electrons. The normalized spacial score (nSPS) is 13.7. The fraction of sp³-hybridized carbons (Fsp3) is 0.417. The number of sulfonamides is 2. The third-order valence-electron chi connectivity index (χ3n) is 2.89. The predicted molar refractivity (Wildman–Crippen MR) is 79.1 cm³/mol. The van der Waals surface area contributed by atoms with E-state index in [0.29, 0.717) is 12.8 Å². The lowest BCUT2D eigenvalue weighted by Crippen LogP contribution is -2.40. The van der Waals surface area contributed by atoms with Crippen molar-refractivity contribution >= 4 is 26.0 Å². The van der Waals surface area contributed by atoms with Crippen LogP contribution in [0.3, 0.4) is 0 Å². The molecule has 1 aromatic carbocycles. The summed E-state index contributed by atoms with van der Waals surface area (Å²) < 4.78 is 48.9. The molecule has 0 saturated carbocycles. The lowest BCUT2D eigenvalue weighted by atomic mass is 10.1. The fourth-order valence-electron chi connectivity index (χ4n) is 1.71. The molecule has 1 unspecified atom stereocenters. The van der Waals surface area contributed by atoms with E-state index in [1.54, 1.807) is 0 Å². The number of aliphatic carboxylic acids is 1. The molecule has 1 rings (SSSR count). The first-order valence-corrected chi connectivity index (χ1v) is 9.49.